The predicted octanol–water partition coefficient (Wildman–Crippen LogP) is 2.32. The van der Waals surface area contributed by atoms with Gasteiger partial charge in [0.2, 0.25) is 0 Å². The van der Waals surface area contributed by atoms with Gasteiger partial charge in [-0.25, -0.2) is 0 Å². The van der Waals surface area contributed by atoms with Gasteiger partial charge in [-0.1, -0.05) is 23.4 Å². The van der Waals surface area contributed by atoms with E-state index in [2.05, 4.69) is 28.4 Å². The lowest BCUT2D eigenvalue weighted by atomic mass is 10.1. The van der Waals surface area contributed by atoms with Crippen molar-refractivity contribution in [1.29, 1.82) is 0 Å². The molecular weight excluding hydrogens is 278 g/mol. The summed E-state index contributed by atoms with van der Waals surface area (Å²) < 4.78 is 11.1. The second-order valence-electron chi connectivity index (χ2n) is 4.86. The number of rotatable bonds is 4. The third kappa shape index (κ3) is 2.94. The first-order chi connectivity index (χ1) is 9.26. The Kier molecular flexibility index (Phi) is 4.62. The van der Waals surface area contributed by atoms with Crippen molar-refractivity contribution in [1.82, 2.24) is 15.5 Å². The van der Waals surface area contributed by atoms with Gasteiger partial charge in [0.15, 0.2) is 11.9 Å². The molecule has 20 heavy (non-hydrogen) atoms. The molecule has 2 atom stereocenters. The van der Waals surface area contributed by atoms with E-state index in [1.165, 1.54) is 5.56 Å². The predicted molar refractivity (Wildman–Crippen MR) is 77.3 cm³/mol. The first-order valence-electron chi connectivity index (χ1n) is 6.50. The maximum Gasteiger partial charge on any atom is 0.268 e. The van der Waals surface area contributed by atoms with Crippen LogP contribution < -0.4 is 10.1 Å². The number of halogens is 1. The smallest absolute Gasteiger partial charge is 0.268 e. The molecule has 0 saturated heterocycles. The average molecular weight is 296 g/mol. The third-order valence-corrected chi connectivity index (χ3v) is 3.39. The molecule has 0 radical (unpaired) electrons. The molecule has 3 rings (SSSR count). The second kappa shape index (κ2) is 6.24. The molecular formula is C14H18ClN3O2. The summed E-state index contributed by atoms with van der Waals surface area (Å²) in [7, 11) is 1.92. The molecule has 0 aliphatic carbocycles. The summed E-state index contributed by atoms with van der Waals surface area (Å²) in [4.78, 5) is 4.42. The van der Waals surface area contributed by atoms with Crippen molar-refractivity contribution in [2.45, 2.75) is 31.9 Å². The number of hydrogen-bond donors (Lipinski definition) is 1. The molecule has 1 aliphatic rings. The fourth-order valence-electron chi connectivity index (χ4n) is 2.18. The fraction of sp³-hybridized carbons (Fsp3) is 0.429. The Morgan fingerprint density at radius 2 is 2.20 bits per heavy atom. The lowest BCUT2D eigenvalue weighted by Gasteiger charge is -2.05. The van der Waals surface area contributed by atoms with Crippen LogP contribution in [0.15, 0.2) is 28.8 Å². The van der Waals surface area contributed by atoms with Crippen LogP contribution in [-0.2, 0) is 12.8 Å². The molecule has 108 valence electrons. The Hall–Kier alpha value is -1.59. The normalized spacial score (nSPS) is 18.0. The standard InChI is InChI=1S/C14H17N3O2.ClH/c1-9(15-2)7-13-16-14(19-17-13)12-8-10-5-3-4-6-11(10)18-12;/h3-6,9,12,15H,7-8H2,1-2H3;1H. The number of ether oxygens (including phenoxy) is 1. The van der Waals surface area contributed by atoms with Crippen molar-refractivity contribution in [2.75, 3.05) is 7.05 Å². The van der Waals surface area contributed by atoms with Gasteiger partial charge in [0, 0.05) is 18.9 Å². The van der Waals surface area contributed by atoms with Gasteiger partial charge in [0.1, 0.15) is 5.75 Å². The summed E-state index contributed by atoms with van der Waals surface area (Å²) in [5.74, 6) is 2.20. The maximum absolute atomic E-state index is 5.83. The highest BCUT2D eigenvalue weighted by Gasteiger charge is 2.28. The highest BCUT2D eigenvalue weighted by molar-refractivity contribution is 5.85. The molecule has 0 saturated carbocycles. The van der Waals surface area contributed by atoms with E-state index in [-0.39, 0.29) is 18.5 Å². The zero-order valence-corrected chi connectivity index (χ0v) is 12.3. The summed E-state index contributed by atoms with van der Waals surface area (Å²) in [5.41, 5.74) is 1.19. The van der Waals surface area contributed by atoms with Gasteiger partial charge in [-0.05, 0) is 25.6 Å². The monoisotopic (exact) mass is 295 g/mol. The van der Waals surface area contributed by atoms with E-state index >= 15 is 0 Å². The van der Waals surface area contributed by atoms with E-state index in [0.717, 1.165) is 24.4 Å². The second-order valence-corrected chi connectivity index (χ2v) is 4.86. The number of likely N-dealkylation sites (N-methyl/N-ethyl adjacent to an activating group) is 1. The first-order valence-corrected chi connectivity index (χ1v) is 6.50. The molecule has 0 bridgehead atoms. The molecule has 2 aromatic rings. The Morgan fingerprint density at radius 3 is 2.95 bits per heavy atom. The molecule has 5 nitrogen and oxygen atoms in total. The number of nitrogens with one attached hydrogen (secondary N) is 1. The molecule has 1 aromatic heterocycles. The number of nitrogens with zero attached hydrogens (tertiary/aromatic N) is 2. The zero-order valence-electron chi connectivity index (χ0n) is 11.5. The largest absolute Gasteiger partial charge is 0.480 e. The lowest BCUT2D eigenvalue weighted by Crippen LogP contribution is -2.24. The van der Waals surface area contributed by atoms with E-state index < -0.39 is 0 Å². The minimum atomic E-state index is -0.149. The number of hydrogen-bond acceptors (Lipinski definition) is 5. The van der Waals surface area contributed by atoms with Crippen molar-refractivity contribution in [3.8, 4) is 5.75 Å². The average Bonchev–Trinajstić information content (AvgIpc) is 3.04. The molecule has 1 aliphatic heterocycles. The van der Waals surface area contributed by atoms with Crippen molar-refractivity contribution < 1.29 is 9.26 Å². The summed E-state index contributed by atoms with van der Waals surface area (Å²) in [6.45, 7) is 2.08. The highest BCUT2D eigenvalue weighted by Crippen LogP contribution is 2.35. The van der Waals surface area contributed by atoms with Crippen LogP contribution in [0.25, 0.3) is 0 Å². The van der Waals surface area contributed by atoms with Crippen LogP contribution in [0.1, 0.15) is 30.3 Å². The quantitative estimate of drug-likeness (QED) is 0.938. The zero-order chi connectivity index (χ0) is 13.2. The number of fused-ring (bicyclic) bond motifs is 1. The molecule has 0 spiro atoms. The minimum Gasteiger partial charge on any atom is -0.480 e. The lowest BCUT2D eigenvalue weighted by molar-refractivity contribution is 0.183. The van der Waals surface area contributed by atoms with Crippen LogP contribution in [-0.4, -0.2) is 23.2 Å². The Morgan fingerprint density at radius 1 is 1.40 bits per heavy atom. The maximum atomic E-state index is 5.83. The summed E-state index contributed by atoms with van der Waals surface area (Å²) >= 11 is 0. The van der Waals surface area contributed by atoms with Crippen LogP contribution in [0.5, 0.6) is 5.75 Å². The van der Waals surface area contributed by atoms with Crippen molar-refractivity contribution in [3.05, 3.63) is 41.5 Å². The van der Waals surface area contributed by atoms with Crippen molar-refractivity contribution >= 4 is 12.4 Å². The topological polar surface area (TPSA) is 60.2 Å². The Bertz CT molecular complexity index is 548. The van der Waals surface area contributed by atoms with Gasteiger partial charge in [-0.2, -0.15) is 4.98 Å². The van der Waals surface area contributed by atoms with Gasteiger partial charge < -0.3 is 14.6 Å². The van der Waals surface area contributed by atoms with Crippen LogP contribution >= 0.6 is 12.4 Å². The van der Waals surface area contributed by atoms with Crippen LogP contribution in [0.4, 0.5) is 0 Å². The number of aromatic nitrogens is 2. The number of para-hydroxylation sites is 1. The fourth-order valence-corrected chi connectivity index (χ4v) is 2.18. The van der Waals surface area contributed by atoms with E-state index in [1.807, 2.05) is 25.2 Å². The third-order valence-electron chi connectivity index (χ3n) is 3.39. The van der Waals surface area contributed by atoms with Crippen molar-refractivity contribution in [3.63, 3.8) is 0 Å². The van der Waals surface area contributed by atoms with Crippen molar-refractivity contribution in [2.24, 2.45) is 0 Å². The van der Waals surface area contributed by atoms with Gasteiger partial charge in [-0.15, -0.1) is 12.4 Å². The van der Waals surface area contributed by atoms with Gasteiger partial charge in [0.25, 0.3) is 5.89 Å². The van der Waals surface area contributed by atoms with Crippen LogP contribution in [0, 0.1) is 0 Å². The highest BCUT2D eigenvalue weighted by atomic mass is 35.5. The van der Waals surface area contributed by atoms with Gasteiger partial charge >= 0.3 is 0 Å². The molecule has 0 fully saturated rings. The molecule has 0 amide bonds. The molecule has 6 heteroatoms. The number of benzene rings is 1. The van der Waals surface area contributed by atoms with Crippen LogP contribution in [0.2, 0.25) is 0 Å². The Balaban J connectivity index is 0.00000147. The SMILES string of the molecule is CNC(C)Cc1noc(C2Cc3ccccc3O2)n1.Cl. The van der Waals surface area contributed by atoms with E-state index in [9.17, 15) is 0 Å². The first kappa shape index (κ1) is 14.8. The summed E-state index contributed by atoms with van der Waals surface area (Å²) in [6.07, 6.45) is 1.39. The molecule has 1 N–H and O–H groups in total. The van der Waals surface area contributed by atoms with E-state index in [4.69, 9.17) is 9.26 Å². The van der Waals surface area contributed by atoms with Crippen LogP contribution in [0.3, 0.4) is 0 Å². The van der Waals surface area contributed by atoms with Gasteiger partial charge in [-0.3, -0.25) is 0 Å². The Labute approximate surface area is 124 Å². The van der Waals surface area contributed by atoms with E-state index in [1.54, 1.807) is 0 Å². The van der Waals surface area contributed by atoms with Gasteiger partial charge in [0.05, 0.1) is 0 Å². The molecule has 1 aromatic carbocycles. The van der Waals surface area contributed by atoms with E-state index in [0.29, 0.717) is 11.9 Å². The molecule has 2 unspecified atom stereocenters. The minimum absolute atomic E-state index is 0. The summed E-state index contributed by atoms with van der Waals surface area (Å²) in [5, 5.41) is 7.16. The molecule has 2 heterocycles. The summed E-state index contributed by atoms with van der Waals surface area (Å²) in [6, 6.07) is 8.34.